The summed E-state index contributed by atoms with van der Waals surface area (Å²) < 4.78 is 20.8. The predicted molar refractivity (Wildman–Crippen MR) is 124 cm³/mol. The number of nitrogens with zero attached hydrogens (tertiary/aromatic N) is 3. The highest BCUT2D eigenvalue weighted by atomic mass is 19.1. The Morgan fingerprint density at radius 2 is 1.97 bits per heavy atom. The van der Waals surface area contributed by atoms with E-state index in [1.165, 1.54) is 18.2 Å². The Labute approximate surface area is 187 Å². The Morgan fingerprint density at radius 1 is 1.19 bits per heavy atom. The van der Waals surface area contributed by atoms with Crippen molar-refractivity contribution in [3.8, 4) is 5.75 Å². The molecule has 0 saturated heterocycles. The Hall–Kier alpha value is -3.68. The molecule has 1 heterocycles. The number of anilines is 1. The van der Waals surface area contributed by atoms with Crippen LogP contribution >= 0.6 is 0 Å². The van der Waals surface area contributed by atoms with Crippen LogP contribution in [0.1, 0.15) is 34.2 Å². The van der Waals surface area contributed by atoms with Crippen molar-refractivity contribution in [2.45, 2.75) is 33.7 Å². The van der Waals surface area contributed by atoms with Gasteiger partial charge in [0.2, 0.25) is 5.96 Å². The van der Waals surface area contributed by atoms with E-state index in [9.17, 15) is 9.18 Å². The highest BCUT2D eigenvalue weighted by Crippen LogP contribution is 2.17. The number of aryl methyl sites for hydroxylation is 2. The van der Waals surface area contributed by atoms with Gasteiger partial charge >= 0.3 is 0 Å². The van der Waals surface area contributed by atoms with Crippen molar-refractivity contribution in [3.63, 3.8) is 0 Å². The number of hydrogen-bond acceptors (Lipinski definition) is 4. The number of carbonyl (C=O) groups is 1. The summed E-state index contributed by atoms with van der Waals surface area (Å²) in [6.45, 7) is 7.33. The van der Waals surface area contributed by atoms with Gasteiger partial charge in [-0.3, -0.25) is 19.8 Å². The van der Waals surface area contributed by atoms with E-state index < -0.39 is 11.7 Å². The quantitative estimate of drug-likeness (QED) is 0.431. The number of aliphatic imine (C=N–C) groups is 1. The van der Waals surface area contributed by atoms with E-state index in [1.54, 1.807) is 19.2 Å². The summed E-state index contributed by atoms with van der Waals surface area (Å²) in [4.78, 5) is 17.2. The van der Waals surface area contributed by atoms with E-state index >= 15 is 0 Å². The van der Waals surface area contributed by atoms with Crippen molar-refractivity contribution in [2.24, 2.45) is 4.99 Å². The van der Waals surface area contributed by atoms with Crippen LogP contribution in [0.25, 0.3) is 0 Å². The number of nitrogens with one attached hydrogen (secondary N) is 2. The fourth-order valence-corrected chi connectivity index (χ4v) is 3.44. The molecular weight excluding hydrogens is 409 g/mol. The highest BCUT2D eigenvalue weighted by molar-refractivity contribution is 6.10. The van der Waals surface area contributed by atoms with Crippen LogP contribution in [-0.2, 0) is 13.0 Å². The SMILES string of the molecule is CCn1nc(C)c(CCN=C(NC(=O)c2cccc(F)c2)Nc2cccc(OC)c2)c1C. The summed E-state index contributed by atoms with van der Waals surface area (Å²) in [5.74, 6) is 0.00956. The topological polar surface area (TPSA) is 80.5 Å². The van der Waals surface area contributed by atoms with Gasteiger partial charge < -0.3 is 10.1 Å². The van der Waals surface area contributed by atoms with E-state index in [1.807, 2.05) is 36.7 Å². The number of methoxy groups -OCH3 is 1. The van der Waals surface area contributed by atoms with Crippen LogP contribution in [0.2, 0.25) is 0 Å². The second-order valence-electron chi connectivity index (χ2n) is 7.27. The monoisotopic (exact) mass is 437 g/mol. The molecule has 2 aromatic carbocycles. The summed E-state index contributed by atoms with van der Waals surface area (Å²) >= 11 is 0. The van der Waals surface area contributed by atoms with Gasteiger partial charge in [-0.15, -0.1) is 0 Å². The number of carbonyl (C=O) groups excluding carboxylic acids is 1. The van der Waals surface area contributed by atoms with Crippen molar-refractivity contribution < 1.29 is 13.9 Å². The molecular formula is C24H28FN5O2. The lowest BCUT2D eigenvalue weighted by Gasteiger charge is -2.13. The average Bonchev–Trinajstić information content (AvgIpc) is 3.06. The predicted octanol–water partition coefficient (Wildman–Crippen LogP) is 4.11. The average molecular weight is 438 g/mol. The summed E-state index contributed by atoms with van der Waals surface area (Å²) in [6.07, 6.45) is 0.677. The molecule has 0 fully saturated rings. The minimum absolute atomic E-state index is 0.209. The molecule has 0 spiro atoms. The van der Waals surface area contributed by atoms with Gasteiger partial charge in [0, 0.05) is 36.1 Å². The van der Waals surface area contributed by atoms with Crippen LogP contribution in [0.5, 0.6) is 5.75 Å². The minimum Gasteiger partial charge on any atom is -0.497 e. The molecule has 8 heteroatoms. The van der Waals surface area contributed by atoms with Gasteiger partial charge in [0.1, 0.15) is 11.6 Å². The Kier molecular flexibility index (Phi) is 7.59. The smallest absolute Gasteiger partial charge is 0.258 e. The molecule has 32 heavy (non-hydrogen) atoms. The maximum absolute atomic E-state index is 13.5. The van der Waals surface area contributed by atoms with Gasteiger partial charge in [0.15, 0.2) is 0 Å². The molecule has 3 rings (SSSR count). The number of benzene rings is 2. The van der Waals surface area contributed by atoms with Gasteiger partial charge in [-0.1, -0.05) is 12.1 Å². The lowest BCUT2D eigenvalue weighted by Crippen LogP contribution is -2.36. The first-order valence-corrected chi connectivity index (χ1v) is 10.5. The standard InChI is InChI=1S/C24H28FN5O2/c1-5-30-17(3)22(16(2)29-30)12-13-26-24(27-20-10-7-11-21(15-20)32-4)28-23(31)18-8-6-9-19(25)14-18/h6-11,14-15H,5,12-13H2,1-4H3,(H2,26,27,28,31). The van der Waals surface area contributed by atoms with Crippen LogP contribution in [0.3, 0.4) is 0 Å². The normalized spacial score (nSPS) is 11.3. The van der Waals surface area contributed by atoms with E-state index in [0.29, 0.717) is 24.4 Å². The van der Waals surface area contributed by atoms with E-state index in [4.69, 9.17) is 4.74 Å². The van der Waals surface area contributed by atoms with Crippen molar-refractivity contribution >= 4 is 17.6 Å². The van der Waals surface area contributed by atoms with Gasteiger partial charge in [0.05, 0.1) is 12.8 Å². The largest absolute Gasteiger partial charge is 0.497 e. The van der Waals surface area contributed by atoms with E-state index in [2.05, 4.69) is 27.6 Å². The molecule has 1 aromatic heterocycles. The van der Waals surface area contributed by atoms with Crippen LogP contribution in [0, 0.1) is 19.7 Å². The molecule has 0 atom stereocenters. The third-order valence-corrected chi connectivity index (χ3v) is 5.11. The molecule has 2 N–H and O–H groups in total. The van der Waals surface area contributed by atoms with Crippen molar-refractivity contribution in [2.75, 3.05) is 19.0 Å². The summed E-state index contributed by atoms with van der Waals surface area (Å²) in [5, 5.41) is 10.4. The number of amides is 1. The molecule has 7 nitrogen and oxygen atoms in total. The van der Waals surface area contributed by atoms with E-state index in [-0.39, 0.29) is 11.5 Å². The highest BCUT2D eigenvalue weighted by Gasteiger charge is 2.13. The lowest BCUT2D eigenvalue weighted by atomic mass is 10.1. The number of aromatic nitrogens is 2. The number of halogens is 1. The fraction of sp³-hybridized carbons (Fsp3) is 0.292. The molecule has 0 radical (unpaired) electrons. The summed E-state index contributed by atoms with van der Waals surface area (Å²) in [5.41, 5.74) is 4.15. The molecule has 0 aliphatic carbocycles. The van der Waals surface area contributed by atoms with Crippen LogP contribution < -0.4 is 15.4 Å². The summed E-state index contributed by atoms with van der Waals surface area (Å²) in [7, 11) is 1.58. The zero-order valence-corrected chi connectivity index (χ0v) is 18.8. The van der Waals surface area contributed by atoms with Crippen molar-refractivity contribution in [1.29, 1.82) is 0 Å². The van der Waals surface area contributed by atoms with Crippen LogP contribution in [0.15, 0.2) is 53.5 Å². The Bertz CT molecular complexity index is 1120. The Balaban J connectivity index is 1.80. The summed E-state index contributed by atoms with van der Waals surface area (Å²) in [6, 6.07) is 12.8. The lowest BCUT2D eigenvalue weighted by molar-refractivity contribution is 0.0976. The minimum atomic E-state index is -0.476. The maximum Gasteiger partial charge on any atom is 0.258 e. The number of rotatable bonds is 7. The van der Waals surface area contributed by atoms with Crippen molar-refractivity contribution in [1.82, 2.24) is 15.1 Å². The molecule has 0 saturated carbocycles. The van der Waals surface area contributed by atoms with Gasteiger partial charge in [-0.2, -0.15) is 5.10 Å². The van der Waals surface area contributed by atoms with E-state index in [0.717, 1.165) is 23.5 Å². The zero-order valence-electron chi connectivity index (χ0n) is 18.8. The van der Waals surface area contributed by atoms with Gasteiger partial charge in [0.25, 0.3) is 5.91 Å². The zero-order chi connectivity index (χ0) is 23.1. The molecule has 0 unspecified atom stereocenters. The van der Waals surface area contributed by atoms with Crippen LogP contribution in [0.4, 0.5) is 10.1 Å². The Morgan fingerprint density at radius 3 is 2.66 bits per heavy atom. The first kappa shape index (κ1) is 23.0. The fourth-order valence-electron chi connectivity index (χ4n) is 3.44. The number of guanidine groups is 1. The number of ether oxygens (including phenoxy) is 1. The maximum atomic E-state index is 13.5. The second kappa shape index (κ2) is 10.6. The molecule has 0 aliphatic heterocycles. The third-order valence-electron chi connectivity index (χ3n) is 5.11. The molecule has 3 aromatic rings. The van der Waals surface area contributed by atoms with Crippen molar-refractivity contribution in [3.05, 3.63) is 76.9 Å². The third kappa shape index (κ3) is 5.72. The first-order valence-electron chi connectivity index (χ1n) is 10.5. The molecule has 168 valence electrons. The van der Waals surface area contributed by atoms with Gasteiger partial charge in [-0.05, 0) is 63.1 Å². The second-order valence-corrected chi connectivity index (χ2v) is 7.27. The van der Waals surface area contributed by atoms with Gasteiger partial charge in [-0.25, -0.2) is 4.39 Å². The number of hydrogen-bond donors (Lipinski definition) is 2. The molecule has 0 bridgehead atoms. The van der Waals surface area contributed by atoms with Crippen LogP contribution in [-0.4, -0.2) is 35.3 Å². The molecule has 1 amide bonds. The molecule has 0 aliphatic rings. The first-order chi connectivity index (χ1) is 15.4.